The number of hydrogen-bond donors (Lipinski definition) is 2. The van der Waals surface area contributed by atoms with E-state index >= 15 is 0 Å². The van der Waals surface area contributed by atoms with Crippen molar-refractivity contribution in [1.82, 2.24) is 0 Å². The molecule has 2 N–H and O–H groups in total. The van der Waals surface area contributed by atoms with Gasteiger partial charge in [-0.15, -0.1) is 0 Å². The Hall–Kier alpha value is -3.15. The highest BCUT2D eigenvalue weighted by Crippen LogP contribution is 2.19. The van der Waals surface area contributed by atoms with Crippen LogP contribution >= 0.6 is 0 Å². The van der Waals surface area contributed by atoms with Crippen LogP contribution < -0.4 is 10.6 Å². The Morgan fingerprint density at radius 1 is 0.743 bits per heavy atom. The lowest BCUT2D eigenvalue weighted by molar-refractivity contribution is -0.119. The smallest absolute Gasteiger partial charge is 0.340 e. The highest BCUT2D eigenvalue weighted by molar-refractivity contribution is 6.02. The van der Waals surface area contributed by atoms with Crippen molar-refractivity contribution in [1.29, 1.82) is 0 Å². The molecule has 0 saturated heterocycles. The van der Waals surface area contributed by atoms with E-state index in [1.165, 1.54) is 38.5 Å². The summed E-state index contributed by atoms with van der Waals surface area (Å²) >= 11 is 0. The van der Waals surface area contributed by atoms with Crippen LogP contribution in [0.4, 0.5) is 11.4 Å². The Bertz CT molecular complexity index is 971. The highest BCUT2D eigenvalue weighted by Gasteiger charge is 2.16. The second-order valence-corrected chi connectivity index (χ2v) is 9.11. The number of esters is 1. The Balaban J connectivity index is 1.75. The maximum absolute atomic E-state index is 12.6. The van der Waals surface area contributed by atoms with Crippen LogP contribution in [0.1, 0.15) is 92.6 Å². The number of nitrogens with one attached hydrogen (secondary N) is 2. The fourth-order valence-corrected chi connectivity index (χ4v) is 3.84. The van der Waals surface area contributed by atoms with E-state index in [2.05, 4.69) is 17.6 Å². The summed E-state index contributed by atoms with van der Waals surface area (Å²) < 4.78 is 5.21. The molecule has 2 rings (SSSR count). The minimum Gasteiger partial charge on any atom is -0.452 e. The van der Waals surface area contributed by atoms with Gasteiger partial charge in [-0.3, -0.25) is 9.59 Å². The van der Waals surface area contributed by atoms with E-state index in [9.17, 15) is 14.4 Å². The second-order valence-electron chi connectivity index (χ2n) is 9.11. The van der Waals surface area contributed by atoms with Gasteiger partial charge in [-0.25, -0.2) is 4.79 Å². The highest BCUT2D eigenvalue weighted by atomic mass is 16.5. The maximum atomic E-state index is 12.6. The van der Waals surface area contributed by atoms with Crippen molar-refractivity contribution < 1.29 is 19.1 Å². The number of carbonyl (C=O) groups is 3. The van der Waals surface area contributed by atoms with Gasteiger partial charge in [-0.1, -0.05) is 82.6 Å². The molecule has 0 heterocycles. The van der Waals surface area contributed by atoms with Crippen molar-refractivity contribution in [2.45, 2.75) is 85.0 Å². The van der Waals surface area contributed by atoms with Crippen molar-refractivity contribution in [3.8, 4) is 0 Å². The number of carbonyl (C=O) groups excluding carboxylic acids is 3. The third-order valence-corrected chi connectivity index (χ3v) is 5.93. The van der Waals surface area contributed by atoms with E-state index < -0.39 is 18.5 Å². The van der Waals surface area contributed by atoms with Gasteiger partial charge >= 0.3 is 5.97 Å². The van der Waals surface area contributed by atoms with Gasteiger partial charge in [0.25, 0.3) is 5.91 Å². The molecule has 2 aromatic carbocycles. The molecule has 0 saturated carbocycles. The summed E-state index contributed by atoms with van der Waals surface area (Å²) in [6, 6.07) is 12.4. The Morgan fingerprint density at radius 2 is 1.37 bits per heavy atom. The lowest BCUT2D eigenvalue weighted by Crippen LogP contribution is -2.22. The fourth-order valence-electron chi connectivity index (χ4n) is 3.84. The lowest BCUT2D eigenvalue weighted by Gasteiger charge is -2.12. The number of hydrogen-bond acceptors (Lipinski definition) is 4. The number of ether oxygens (including phenoxy) is 1. The zero-order chi connectivity index (χ0) is 25.5. The number of anilines is 2. The first-order chi connectivity index (χ1) is 16.9. The first-order valence-electron chi connectivity index (χ1n) is 12.8. The van der Waals surface area contributed by atoms with Crippen molar-refractivity contribution in [2.24, 2.45) is 0 Å². The summed E-state index contributed by atoms with van der Waals surface area (Å²) in [6.45, 7) is 5.65. The lowest BCUT2D eigenvalue weighted by atomic mass is 10.1. The van der Waals surface area contributed by atoms with Crippen LogP contribution in [0.3, 0.4) is 0 Å². The van der Waals surface area contributed by atoms with E-state index in [0.29, 0.717) is 17.8 Å². The third kappa shape index (κ3) is 10.8. The molecule has 0 aliphatic heterocycles. The summed E-state index contributed by atoms with van der Waals surface area (Å²) in [5.41, 5.74) is 3.27. The van der Waals surface area contributed by atoms with Crippen LogP contribution in [0.2, 0.25) is 0 Å². The summed E-state index contributed by atoms with van der Waals surface area (Å²) in [7, 11) is 0. The molecule has 6 heteroatoms. The SMILES string of the molecule is CCCCCCCCCCCC(=O)Nc1ccccc1C(=O)OCC(=O)Nc1cc(C)ccc1C. The molecule has 0 aliphatic carbocycles. The number of para-hydroxylation sites is 1. The number of rotatable bonds is 15. The number of unbranched alkanes of at least 4 members (excludes halogenated alkanes) is 8. The Kier molecular flexibility index (Phi) is 12.6. The molecular formula is C29H40N2O4. The summed E-state index contributed by atoms with van der Waals surface area (Å²) in [4.78, 5) is 37.3. The number of amides is 2. The zero-order valence-electron chi connectivity index (χ0n) is 21.5. The quantitative estimate of drug-likeness (QED) is 0.213. The number of benzene rings is 2. The minimum absolute atomic E-state index is 0.124. The molecule has 2 aromatic rings. The second kappa shape index (κ2) is 15.7. The molecule has 6 nitrogen and oxygen atoms in total. The van der Waals surface area contributed by atoms with Crippen LogP contribution in [-0.4, -0.2) is 24.4 Å². The molecule has 0 spiro atoms. The molecule has 0 unspecified atom stereocenters. The molecule has 0 radical (unpaired) electrons. The molecule has 0 aromatic heterocycles. The zero-order valence-corrected chi connectivity index (χ0v) is 21.5. The minimum atomic E-state index is -0.653. The Labute approximate surface area is 209 Å². The predicted octanol–water partition coefficient (Wildman–Crippen LogP) is 6.96. The normalized spacial score (nSPS) is 10.6. The van der Waals surface area contributed by atoms with Gasteiger partial charge in [-0.2, -0.15) is 0 Å². The molecule has 190 valence electrons. The van der Waals surface area contributed by atoms with Crippen molar-refractivity contribution >= 4 is 29.2 Å². The molecule has 0 atom stereocenters. The average molecular weight is 481 g/mol. The summed E-state index contributed by atoms with van der Waals surface area (Å²) in [5.74, 6) is -1.19. The maximum Gasteiger partial charge on any atom is 0.340 e. The average Bonchev–Trinajstić information content (AvgIpc) is 2.84. The van der Waals surface area contributed by atoms with Gasteiger partial charge in [0.15, 0.2) is 6.61 Å². The van der Waals surface area contributed by atoms with E-state index in [-0.39, 0.29) is 11.5 Å². The van der Waals surface area contributed by atoms with Crippen molar-refractivity contribution in [3.63, 3.8) is 0 Å². The van der Waals surface area contributed by atoms with Gasteiger partial charge in [0.1, 0.15) is 0 Å². The first-order valence-corrected chi connectivity index (χ1v) is 12.8. The van der Waals surface area contributed by atoms with Crippen LogP contribution in [0.15, 0.2) is 42.5 Å². The van der Waals surface area contributed by atoms with Gasteiger partial charge in [0.2, 0.25) is 5.91 Å². The molecule has 35 heavy (non-hydrogen) atoms. The van der Waals surface area contributed by atoms with E-state index in [0.717, 1.165) is 30.4 Å². The van der Waals surface area contributed by atoms with E-state index in [1.54, 1.807) is 24.3 Å². The molecule has 0 bridgehead atoms. The largest absolute Gasteiger partial charge is 0.452 e. The molecule has 0 fully saturated rings. The predicted molar refractivity (Wildman–Crippen MR) is 142 cm³/mol. The van der Waals surface area contributed by atoms with Crippen LogP contribution in [0.25, 0.3) is 0 Å². The molecule has 2 amide bonds. The van der Waals surface area contributed by atoms with Crippen molar-refractivity contribution in [3.05, 3.63) is 59.2 Å². The van der Waals surface area contributed by atoms with Gasteiger partial charge < -0.3 is 15.4 Å². The third-order valence-electron chi connectivity index (χ3n) is 5.93. The first kappa shape index (κ1) is 28.1. The van der Waals surface area contributed by atoms with Crippen molar-refractivity contribution in [2.75, 3.05) is 17.2 Å². The molecular weight excluding hydrogens is 440 g/mol. The van der Waals surface area contributed by atoms with E-state index in [4.69, 9.17) is 4.74 Å². The number of aryl methyl sites for hydroxylation is 2. The summed E-state index contributed by atoms with van der Waals surface area (Å²) in [6.07, 6.45) is 11.1. The van der Waals surface area contributed by atoms with Gasteiger partial charge in [0, 0.05) is 12.1 Å². The summed E-state index contributed by atoms with van der Waals surface area (Å²) in [5, 5.41) is 5.59. The standard InChI is InChI=1S/C29H40N2O4/c1-4-5-6-7-8-9-10-11-12-17-27(32)30-25-16-14-13-15-24(25)29(34)35-21-28(33)31-26-20-22(2)18-19-23(26)3/h13-16,18-20H,4-12,17,21H2,1-3H3,(H,30,32)(H,31,33). The van der Waals surface area contributed by atoms with Crippen LogP contribution in [0.5, 0.6) is 0 Å². The van der Waals surface area contributed by atoms with E-state index in [1.807, 2.05) is 32.0 Å². The van der Waals surface area contributed by atoms with Gasteiger partial charge in [-0.05, 0) is 49.6 Å². The van der Waals surface area contributed by atoms with Crippen LogP contribution in [0, 0.1) is 13.8 Å². The van der Waals surface area contributed by atoms with Crippen LogP contribution in [-0.2, 0) is 14.3 Å². The topological polar surface area (TPSA) is 84.5 Å². The Morgan fingerprint density at radius 3 is 2.09 bits per heavy atom. The van der Waals surface area contributed by atoms with Gasteiger partial charge in [0.05, 0.1) is 11.3 Å². The monoisotopic (exact) mass is 480 g/mol. The molecule has 0 aliphatic rings. The fraction of sp³-hybridized carbons (Fsp3) is 0.483.